The molecule has 0 radical (unpaired) electrons. The van der Waals surface area contributed by atoms with E-state index in [0.717, 1.165) is 41.9 Å². The van der Waals surface area contributed by atoms with Crippen LogP contribution >= 0.6 is 15.9 Å². The number of halogens is 1. The lowest BCUT2D eigenvalue weighted by Gasteiger charge is -2.21. The van der Waals surface area contributed by atoms with Gasteiger partial charge < -0.3 is 4.74 Å². The normalized spacial score (nSPS) is 17.8. The number of rotatable bonds is 1. The zero-order valence-electron chi connectivity index (χ0n) is 9.69. The van der Waals surface area contributed by atoms with Crippen molar-refractivity contribution in [1.82, 2.24) is 14.6 Å². The van der Waals surface area contributed by atoms with Crippen molar-refractivity contribution < 1.29 is 4.74 Å². The summed E-state index contributed by atoms with van der Waals surface area (Å²) in [5.41, 5.74) is 3.20. The fourth-order valence-corrected chi connectivity index (χ4v) is 2.66. The van der Waals surface area contributed by atoms with Crippen LogP contribution in [0.4, 0.5) is 0 Å². The summed E-state index contributed by atoms with van der Waals surface area (Å²) in [7, 11) is 0. The van der Waals surface area contributed by atoms with Crippen LogP contribution in [0.3, 0.4) is 0 Å². The van der Waals surface area contributed by atoms with Gasteiger partial charge in [-0.3, -0.25) is 0 Å². The number of hydrogen-bond acceptors (Lipinski definition) is 3. The summed E-state index contributed by atoms with van der Waals surface area (Å²) in [6.45, 7) is 3.75. The minimum Gasteiger partial charge on any atom is -0.381 e. The molecule has 1 aliphatic heterocycles. The summed E-state index contributed by atoms with van der Waals surface area (Å²) in [5, 5.41) is 4.29. The van der Waals surface area contributed by atoms with E-state index in [1.807, 2.05) is 4.52 Å². The van der Waals surface area contributed by atoms with Crippen molar-refractivity contribution in [1.29, 1.82) is 0 Å². The second kappa shape index (κ2) is 4.38. The van der Waals surface area contributed by atoms with Crippen molar-refractivity contribution in [3.05, 3.63) is 28.1 Å². The molecule has 0 saturated carbocycles. The number of nitrogens with zero attached hydrogens (tertiary/aromatic N) is 3. The Morgan fingerprint density at radius 1 is 1.41 bits per heavy atom. The molecule has 0 atom stereocenters. The summed E-state index contributed by atoms with van der Waals surface area (Å²) >= 11 is 3.49. The highest BCUT2D eigenvalue weighted by molar-refractivity contribution is 9.10. The summed E-state index contributed by atoms with van der Waals surface area (Å²) in [6.07, 6.45) is 3.92. The maximum Gasteiger partial charge on any atom is 0.169 e. The van der Waals surface area contributed by atoms with Gasteiger partial charge in [0.25, 0.3) is 0 Å². The summed E-state index contributed by atoms with van der Waals surface area (Å²) in [6, 6.07) is 2.14. The van der Waals surface area contributed by atoms with Crippen LogP contribution in [0.15, 0.2) is 16.7 Å². The molecule has 0 spiro atoms. The third-order valence-electron chi connectivity index (χ3n) is 3.27. The minimum atomic E-state index is 0.522. The van der Waals surface area contributed by atoms with Gasteiger partial charge in [0, 0.05) is 30.5 Å². The fraction of sp³-hybridized carbons (Fsp3) is 0.500. The molecule has 3 heterocycles. The molecule has 90 valence electrons. The molecule has 0 aliphatic carbocycles. The van der Waals surface area contributed by atoms with Gasteiger partial charge in [-0.05, 0) is 41.8 Å². The van der Waals surface area contributed by atoms with Gasteiger partial charge in [0.05, 0.1) is 10.7 Å². The lowest BCUT2D eigenvalue weighted by atomic mass is 9.96. The highest BCUT2D eigenvalue weighted by Crippen LogP contribution is 2.27. The van der Waals surface area contributed by atoms with Crippen molar-refractivity contribution in [2.45, 2.75) is 25.7 Å². The van der Waals surface area contributed by atoms with E-state index in [4.69, 9.17) is 9.72 Å². The summed E-state index contributed by atoms with van der Waals surface area (Å²) in [4.78, 5) is 4.72. The molecular weight excluding hydrogens is 282 g/mol. The Bertz CT molecular complexity index is 546. The van der Waals surface area contributed by atoms with Gasteiger partial charge >= 0.3 is 0 Å². The molecule has 0 aromatic carbocycles. The Labute approximate surface area is 108 Å². The number of fused-ring (bicyclic) bond motifs is 1. The lowest BCUT2D eigenvalue weighted by Crippen LogP contribution is -2.16. The third kappa shape index (κ3) is 1.98. The first-order valence-corrected chi connectivity index (χ1v) is 6.63. The highest BCUT2D eigenvalue weighted by atomic mass is 79.9. The number of aryl methyl sites for hydroxylation is 1. The Morgan fingerprint density at radius 2 is 2.18 bits per heavy atom. The Hall–Kier alpha value is -0.940. The molecular formula is C12H14BrN3O. The van der Waals surface area contributed by atoms with Gasteiger partial charge in [-0.1, -0.05) is 0 Å². The van der Waals surface area contributed by atoms with Crippen molar-refractivity contribution >= 4 is 21.6 Å². The molecule has 0 amide bonds. The summed E-state index contributed by atoms with van der Waals surface area (Å²) in [5.74, 6) is 0.522. The van der Waals surface area contributed by atoms with Crippen LogP contribution in [-0.2, 0) is 4.74 Å². The molecule has 0 bridgehead atoms. The van der Waals surface area contributed by atoms with E-state index in [0.29, 0.717) is 5.92 Å². The first-order chi connectivity index (χ1) is 8.25. The Morgan fingerprint density at radius 3 is 2.94 bits per heavy atom. The molecule has 2 aromatic rings. The largest absolute Gasteiger partial charge is 0.381 e. The zero-order valence-corrected chi connectivity index (χ0v) is 11.3. The maximum atomic E-state index is 5.39. The number of ether oxygens (including phenoxy) is 1. The van der Waals surface area contributed by atoms with Crippen LogP contribution in [0.25, 0.3) is 5.65 Å². The number of aromatic nitrogens is 3. The molecule has 5 heteroatoms. The van der Waals surface area contributed by atoms with E-state index < -0.39 is 0 Å². The van der Waals surface area contributed by atoms with Crippen LogP contribution in [-0.4, -0.2) is 27.8 Å². The Kier molecular flexibility index (Phi) is 2.88. The highest BCUT2D eigenvalue weighted by Gasteiger charge is 2.19. The van der Waals surface area contributed by atoms with E-state index in [2.05, 4.69) is 34.0 Å². The molecule has 1 aliphatic rings. The van der Waals surface area contributed by atoms with E-state index in [1.165, 1.54) is 5.69 Å². The molecule has 3 rings (SSSR count). The van der Waals surface area contributed by atoms with Crippen LogP contribution < -0.4 is 0 Å². The SMILES string of the molecule is Cc1cc(C2CCOCC2)nc2c(Br)cnn12. The Balaban J connectivity index is 2.07. The monoisotopic (exact) mass is 295 g/mol. The average Bonchev–Trinajstić information content (AvgIpc) is 2.73. The minimum absolute atomic E-state index is 0.522. The van der Waals surface area contributed by atoms with Gasteiger partial charge in [0.1, 0.15) is 0 Å². The second-order valence-electron chi connectivity index (χ2n) is 4.44. The molecule has 0 unspecified atom stereocenters. The zero-order chi connectivity index (χ0) is 11.8. The predicted molar refractivity (Wildman–Crippen MR) is 68.2 cm³/mol. The molecule has 2 aromatic heterocycles. The third-order valence-corrected chi connectivity index (χ3v) is 3.83. The average molecular weight is 296 g/mol. The van der Waals surface area contributed by atoms with Crippen LogP contribution in [0.5, 0.6) is 0 Å². The van der Waals surface area contributed by atoms with Gasteiger partial charge in [0.2, 0.25) is 0 Å². The lowest BCUT2D eigenvalue weighted by molar-refractivity contribution is 0.0845. The molecule has 4 nitrogen and oxygen atoms in total. The van der Waals surface area contributed by atoms with E-state index in [1.54, 1.807) is 6.20 Å². The van der Waals surface area contributed by atoms with E-state index in [9.17, 15) is 0 Å². The van der Waals surface area contributed by atoms with E-state index in [-0.39, 0.29) is 0 Å². The molecule has 0 N–H and O–H groups in total. The van der Waals surface area contributed by atoms with Crippen molar-refractivity contribution in [3.63, 3.8) is 0 Å². The van der Waals surface area contributed by atoms with Crippen molar-refractivity contribution in [2.75, 3.05) is 13.2 Å². The van der Waals surface area contributed by atoms with E-state index >= 15 is 0 Å². The van der Waals surface area contributed by atoms with Crippen LogP contribution in [0, 0.1) is 6.92 Å². The van der Waals surface area contributed by atoms with Gasteiger partial charge in [0.15, 0.2) is 5.65 Å². The summed E-state index contributed by atoms with van der Waals surface area (Å²) < 4.78 is 8.21. The molecule has 1 saturated heterocycles. The second-order valence-corrected chi connectivity index (χ2v) is 5.29. The van der Waals surface area contributed by atoms with Crippen molar-refractivity contribution in [3.8, 4) is 0 Å². The topological polar surface area (TPSA) is 39.4 Å². The quantitative estimate of drug-likeness (QED) is 0.812. The smallest absolute Gasteiger partial charge is 0.169 e. The van der Waals surface area contributed by atoms with Crippen LogP contribution in [0.2, 0.25) is 0 Å². The van der Waals surface area contributed by atoms with Crippen LogP contribution in [0.1, 0.15) is 30.1 Å². The number of hydrogen-bond donors (Lipinski definition) is 0. The first kappa shape index (κ1) is 11.2. The molecule has 17 heavy (non-hydrogen) atoms. The first-order valence-electron chi connectivity index (χ1n) is 5.84. The van der Waals surface area contributed by atoms with Gasteiger partial charge in [-0.25, -0.2) is 9.50 Å². The maximum absolute atomic E-state index is 5.39. The van der Waals surface area contributed by atoms with Gasteiger partial charge in [-0.2, -0.15) is 5.10 Å². The fourth-order valence-electron chi connectivity index (χ4n) is 2.31. The standard InChI is InChI=1S/C12H14BrN3O/c1-8-6-11(9-2-4-17-5-3-9)15-12-10(13)7-14-16(8)12/h6-7,9H,2-5H2,1H3. The predicted octanol–water partition coefficient (Wildman–Crippen LogP) is 2.69. The molecule has 1 fully saturated rings. The van der Waals surface area contributed by atoms with Gasteiger partial charge in [-0.15, -0.1) is 0 Å². The van der Waals surface area contributed by atoms with Crippen molar-refractivity contribution in [2.24, 2.45) is 0 Å².